The highest BCUT2D eigenvalue weighted by molar-refractivity contribution is 7.15. The first-order chi connectivity index (χ1) is 13.7. The van der Waals surface area contributed by atoms with E-state index in [0.29, 0.717) is 49.2 Å². The lowest BCUT2D eigenvalue weighted by Crippen LogP contribution is -2.46. The van der Waals surface area contributed by atoms with E-state index in [-0.39, 0.29) is 41.5 Å². The van der Waals surface area contributed by atoms with Crippen LogP contribution in [-0.2, 0) is 25.7 Å². The number of nitrogens with zero attached hydrogens (tertiary/aromatic N) is 4. The fourth-order valence-electron chi connectivity index (χ4n) is 3.83. The Morgan fingerprint density at radius 1 is 1.21 bits per heavy atom. The van der Waals surface area contributed by atoms with Crippen molar-refractivity contribution < 1.29 is 19.1 Å². The van der Waals surface area contributed by atoms with Gasteiger partial charge in [0.25, 0.3) is 0 Å². The molecule has 0 aromatic carbocycles. The van der Waals surface area contributed by atoms with Gasteiger partial charge in [-0.3, -0.25) is 14.4 Å². The Bertz CT molecular complexity index is 767. The smallest absolute Gasteiger partial charge is 0.229 e. The molecular formula is C19H29N5O4S. The zero-order chi connectivity index (χ0) is 21.2. The Kier molecular flexibility index (Phi) is 6.52. The van der Waals surface area contributed by atoms with Gasteiger partial charge in [-0.05, 0) is 33.6 Å². The Labute approximate surface area is 174 Å². The van der Waals surface area contributed by atoms with Crippen LogP contribution in [0.15, 0.2) is 0 Å². The first-order valence-corrected chi connectivity index (χ1v) is 10.7. The van der Waals surface area contributed by atoms with Crippen LogP contribution in [0.3, 0.4) is 0 Å². The molecule has 1 aromatic rings. The lowest BCUT2D eigenvalue weighted by Gasteiger charge is -2.34. The van der Waals surface area contributed by atoms with Crippen molar-refractivity contribution in [3.63, 3.8) is 0 Å². The average Bonchev–Trinajstić information content (AvgIpc) is 3.27. The minimum absolute atomic E-state index is 0.0253. The lowest BCUT2D eigenvalue weighted by molar-refractivity contribution is -0.138. The molecule has 2 aliphatic heterocycles. The number of hydrogen-bond acceptors (Lipinski definition) is 7. The molecule has 2 aliphatic rings. The van der Waals surface area contributed by atoms with Crippen molar-refractivity contribution in [1.29, 1.82) is 0 Å². The number of ether oxygens (including phenoxy) is 1. The summed E-state index contributed by atoms with van der Waals surface area (Å²) < 4.78 is 5.00. The topological polar surface area (TPSA) is 105 Å². The van der Waals surface area contributed by atoms with Crippen LogP contribution < -0.4 is 5.32 Å². The summed E-state index contributed by atoms with van der Waals surface area (Å²) in [7, 11) is 1.58. The van der Waals surface area contributed by atoms with Gasteiger partial charge in [0.1, 0.15) is 11.6 Å². The molecule has 1 aromatic heterocycles. The summed E-state index contributed by atoms with van der Waals surface area (Å²) in [5.74, 6) is -0.475. The number of nitrogens with one attached hydrogen (secondary N) is 1. The molecular weight excluding hydrogens is 394 g/mol. The molecule has 2 fully saturated rings. The molecule has 10 heteroatoms. The van der Waals surface area contributed by atoms with Crippen molar-refractivity contribution >= 4 is 34.2 Å². The second-order valence-corrected chi connectivity index (χ2v) is 9.66. The largest absolute Gasteiger partial charge is 0.377 e. The number of amides is 3. The number of carbonyl (C=O) groups is 3. The van der Waals surface area contributed by atoms with Gasteiger partial charge in [-0.15, -0.1) is 10.2 Å². The van der Waals surface area contributed by atoms with Crippen LogP contribution in [0, 0.1) is 11.8 Å². The predicted octanol–water partition coefficient (Wildman–Crippen LogP) is 1.51. The molecule has 0 aliphatic carbocycles. The second-order valence-electron chi connectivity index (χ2n) is 8.60. The highest BCUT2D eigenvalue weighted by atomic mass is 32.1. The van der Waals surface area contributed by atoms with Gasteiger partial charge in [0, 0.05) is 44.6 Å². The fourth-order valence-corrected chi connectivity index (χ4v) is 4.55. The van der Waals surface area contributed by atoms with Gasteiger partial charge in [0.05, 0.1) is 5.92 Å². The summed E-state index contributed by atoms with van der Waals surface area (Å²) in [6.45, 7) is 7.85. The molecule has 0 radical (unpaired) electrons. The van der Waals surface area contributed by atoms with E-state index in [0.717, 1.165) is 0 Å². The second kappa shape index (κ2) is 8.74. The molecule has 2 saturated heterocycles. The number of methoxy groups -OCH3 is 1. The molecule has 9 nitrogen and oxygen atoms in total. The lowest BCUT2D eigenvalue weighted by atomic mass is 9.94. The molecule has 1 atom stereocenters. The van der Waals surface area contributed by atoms with E-state index in [1.165, 1.54) is 11.3 Å². The first kappa shape index (κ1) is 21.6. The van der Waals surface area contributed by atoms with Gasteiger partial charge in [0.2, 0.25) is 22.9 Å². The number of likely N-dealkylation sites (tertiary alicyclic amines) is 2. The summed E-state index contributed by atoms with van der Waals surface area (Å²) in [5, 5.41) is 11.9. The van der Waals surface area contributed by atoms with Crippen molar-refractivity contribution in [1.82, 2.24) is 20.0 Å². The molecule has 1 N–H and O–H groups in total. The van der Waals surface area contributed by atoms with Crippen molar-refractivity contribution in [2.75, 3.05) is 32.1 Å². The molecule has 29 heavy (non-hydrogen) atoms. The third kappa shape index (κ3) is 5.11. The highest BCUT2D eigenvalue weighted by Crippen LogP contribution is 2.29. The van der Waals surface area contributed by atoms with Gasteiger partial charge in [-0.2, -0.15) is 0 Å². The average molecular weight is 424 g/mol. The quantitative estimate of drug-likeness (QED) is 0.770. The Balaban J connectivity index is 1.49. The van der Waals surface area contributed by atoms with Gasteiger partial charge in [0.15, 0.2) is 0 Å². The van der Waals surface area contributed by atoms with Crippen LogP contribution in [0.25, 0.3) is 0 Å². The van der Waals surface area contributed by atoms with Crippen LogP contribution in [0.4, 0.5) is 5.13 Å². The van der Waals surface area contributed by atoms with Crippen molar-refractivity contribution in [2.45, 2.75) is 52.2 Å². The standard InChI is InChI=1S/C19H29N5O4S/c1-19(2,3)24-10-13(9-15(24)25)17(27)23-7-5-12(6-8-23)16(26)20-18-22-21-14(29-18)11-28-4/h12-13H,5-11H2,1-4H3,(H,20,22,26). The minimum Gasteiger partial charge on any atom is -0.377 e. The Morgan fingerprint density at radius 2 is 1.90 bits per heavy atom. The van der Waals surface area contributed by atoms with E-state index >= 15 is 0 Å². The van der Waals surface area contributed by atoms with Crippen LogP contribution in [0.5, 0.6) is 0 Å². The van der Waals surface area contributed by atoms with Gasteiger partial charge >= 0.3 is 0 Å². The normalized spacial score (nSPS) is 21.0. The monoisotopic (exact) mass is 423 g/mol. The number of rotatable bonds is 5. The number of piperidine rings is 1. The van der Waals surface area contributed by atoms with E-state index in [1.807, 2.05) is 20.8 Å². The molecule has 3 heterocycles. The van der Waals surface area contributed by atoms with Crippen LogP contribution >= 0.6 is 11.3 Å². The molecule has 3 amide bonds. The fraction of sp³-hybridized carbons (Fsp3) is 0.737. The van der Waals surface area contributed by atoms with Crippen LogP contribution in [0.1, 0.15) is 45.0 Å². The summed E-state index contributed by atoms with van der Waals surface area (Å²) in [6.07, 6.45) is 1.48. The Morgan fingerprint density at radius 3 is 2.48 bits per heavy atom. The number of aromatic nitrogens is 2. The van der Waals surface area contributed by atoms with Gasteiger partial charge in [-0.25, -0.2) is 0 Å². The molecule has 0 saturated carbocycles. The number of carbonyl (C=O) groups excluding carboxylic acids is 3. The van der Waals surface area contributed by atoms with Crippen molar-refractivity contribution in [3.05, 3.63) is 5.01 Å². The molecule has 3 rings (SSSR count). The van der Waals surface area contributed by atoms with E-state index in [4.69, 9.17) is 4.74 Å². The minimum atomic E-state index is -0.285. The van der Waals surface area contributed by atoms with E-state index in [9.17, 15) is 14.4 Å². The van der Waals surface area contributed by atoms with E-state index < -0.39 is 0 Å². The molecule has 160 valence electrons. The Hall–Kier alpha value is -2.07. The molecule has 0 bridgehead atoms. The third-order valence-electron chi connectivity index (χ3n) is 5.43. The predicted molar refractivity (Wildman–Crippen MR) is 108 cm³/mol. The zero-order valence-corrected chi connectivity index (χ0v) is 18.3. The summed E-state index contributed by atoms with van der Waals surface area (Å²) in [4.78, 5) is 41.2. The van der Waals surface area contributed by atoms with E-state index in [2.05, 4.69) is 15.5 Å². The van der Waals surface area contributed by atoms with E-state index in [1.54, 1.807) is 16.9 Å². The van der Waals surface area contributed by atoms with Crippen molar-refractivity contribution in [3.8, 4) is 0 Å². The highest BCUT2D eigenvalue weighted by Gasteiger charge is 2.41. The maximum absolute atomic E-state index is 12.9. The summed E-state index contributed by atoms with van der Waals surface area (Å²) >= 11 is 1.29. The van der Waals surface area contributed by atoms with Gasteiger partial charge in [-0.1, -0.05) is 11.3 Å². The summed E-state index contributed by atoms with van der Waals surface area (Å²) in [5.41, 5.74) is -0.273. The molecule has 0 spiro atoms. The number of hydrogen-bond donors (Lipinski definition) is 1. The van der Waals surface area contributed by atoms with Gasteiger partial charge < -0.3 is 19.9 Å². The van der Waals surface area contributed by atoms with Crippen LogP contribution in [-0.4, -0.2) is 70.0 Å². The number of anilines is 1. The summed E-state index contributed by atoms with van der Waals surface area (Å²) in [6, 6.07) is 0. The molecule has 1 unspecified atom stereocenters. The van der Waals surface area contributed by atoms with Crippen molar-refractivity contribution in [2.24, 2.45) is 11.8 Å². The zero-order valence-electron chi connectivity index (χ0n) is 17.4. The SMILES string of the molecule is COCc1nnc(NC(=O)C2CCN(C(=O)C3CC(=O)N(C(C)(C)C)C3)CC2)s1. The first-order valence-electron chi connectivity index (χ1n) is 9.90. The van der Waals surface area contributed by atoms with Crippen LogP contribution in [0.2, 0.25) is 0 Å². The maximum Gasteiger partial charge on any atom is 0.229 e. The maximum atomic E-state index is 12.9. The third-order valence-corrected chi connectivity index (χ3v) is 6.24.